The fourth-order valence-electron chi connectivity index (χ4n) is 1.99. The van der Waals surface area contributed by atoms with Gasteiger partial charge in [-0.15, -0.1) is 0 Å². The van der Waals surface area contributed by atoms with Gasteiger partial charge in [-0.2, -0.15) is 5.10 Å². The molecule has 1 saturated heterocycles. The molecular formula is C10H17N3. The number of aromatic nitrogens is 2. The molecule has 3 nitrogen and oxygen atoms in total. The van der Waals surface area contributed by atoms with Gasteiger partial charge in [0.05, 0.1) is 12.7 Å². The van der Waals surface area contributed by atoms with Crippen LogP contribution < -0.4 is 0 Å². The summed E-state index contributed by atoms with van der Waals surface area (Å²) in [5, 5.41) is 4.30. The lowest BCUT2D eigenvalue weighted by molar-refractivity contribution is 0.274. The topological polar surface area (TPSA) is 21.1 Å². The van der Waals surface area contributed by atoms with E-state index in [1.54, 1.807) is 0 Å². The number of likely N-dealkylation sites (tertiary alicyclic amines) is 1. The molecule has 0 spiro atoms. The standard InChI is InChI=1S/C10H17N3/c1-9-6-11-13(7-9)8-10-4-3-5-12(10)2/h6-7,10H,3-5,8H2,1-2H3/t10-/m0/s1. The minimum atomic E-state index is 0.694. The van der Waals surface area contributed by atoms with Gasteiger partial charge in [0.1, 0.15) is 0 Å². The molecule has 0 N–H and O–H groups in total. The SMILES string of the molecule is Cc1cnn(C[C@@H]2CCCN2C)c1. The lowest BCUT2D eigenvalue weighted by atomic mass is 10.2. The van der Waals surface area contributed by atoms with Crippen molar-refractivity contribution in [3.05, 3.63) is 18.0 Å². The van der Waals surface area contributed by atoms with E-state index in [0.717, 1.165) is 6.54 Å². The second-order valence-corrected chi connectivity index (χ2v) is 4.02. The Balaban J connectivity index is 1.97. The Morgan fingerprint density at radius 2 is 2.46 bits per heavy atom. The number of likely N-dealkylation sites (N-methyl/N-ethyl adjacent to an activating group) is 1. The van der Waals surface area contributed by atoms with Gasteiger partial charge < -0.3 is 4.90 Å². The third-order valence-electron chi connectivity index (χ3n) is 2.83. The highest BCUT2D eigenvalue weighted by Crippen LogP contribution is 2.16. The van der Waals surface area contributed by atoms with Crippen molar-refractivity contribution in [2.75, 3.05) is 13.6 Å². The minimum absolute atomic E-state index is 0.694. The molecule has 13 heavy (non-hydrogen) atoms. The molecule has 3 heteroatoms. The first kappa shape index (κ1) is 8.75. The molecular weight excluding hydrogens is 162 g/mol. The highest BCUT2D eigenvalue weighted by Gasteiger charge is 2.20. The van der Waals surface area contributed by atoms with E-state index in [4.69, 9.17) is 0 Å². The maximum Gasteiger partial charge on any atom is 0.0564 e. The first-order valence-electron chi connectivity index (χ1n) is 4.95. The van der Waals surface area contributed by atoms with Gasteiger partial charge in [-0.05, 0) is 38.9 Å². The van der Waals surface area contributed by atoms with Crippen molar-refractivity contribution in [1.82, 2.24) is 14.7 Å². The Morgan fingerprint density at radius 3 is 3.00 bits per heavy atom. The largest absolute Gasteiger partial charge is 0.302 e. The van der Waals surface area contributed by atoms with Crippen LogP contribution in [0.4, 0.5) is 0 Å². The molecule has 1 fully saturated rings. The fraction of sp³-hybridized carbons (Fsp3) is 0.700. The first-order valence-corrected chi connectivity index (χ1v) is 4.95. The van der Waals surface area contributed by atoms with Crippen LogP contribution in [0.2, 0.25) is 0 Å². The second-order valence-electron chi connectivity index (χ2n) is 4.02. The van der Waals surface area contributed by atoms with E-state index >= 15 is 0 Å². The number of hydrogen-bond donors (Lipinski definition) is 0. The summed E-state index contributed by atoms with van der Waals surface area (Å²) in [7, 11) is 2.20. The second kappa shape index (κ2) is 3.50. The van der Waals surface area contributed by atoms with Gasteiger partial charge in [0.15, 0.2) is 0 Å². The summed E-state index contributed by atoms with van der Waals surface area (Å²) in [6.07, 6.45) is 6.69. The lowest BCUT2D eigenvalue weighted by Gasteiger charge is -2.18. The van der Waals surface area contributed by atoms with E-state index < -0.39 is 0 Å². The molecule has 1 aromatic rings. The van der Waals surface area contributed by atoms with Gasteiger partial charge in [0.2, 0.25) is 0 Å². The molecule has 0 radical (unpaired) electrons. The minimum Gasteiger partial charge on any atom is -0.302 e. The summed E-state index contributed by atoms with van der Waals surface area (Å²) in [5.74, 6) is 0. The Bertz CT molecular complexity index is 279. The number of rotatable bonds is 2. The molecule has 0 saturated carbocycles. The number of hydrogen-bond acceptors (Lipinski definition) is 2. The molecule has 72 valence electrons. The van der Waals surface area contributed by atoms with Crippen molar-refractivity contribution in [3.8, 4) is 0 Å². The molecule has 1 aromatic heterocycles. The summed E-state index contributed by atoms with van der Waals surface area (Å²) >= 11 is 0. The highest BCUT2D eigenvalue weighted by atomic mass is 15.3. The van der Waals surface area contributed by atoms with Crippen LogP contribution >= 0.6 is 0 Å². The molecule has 0 amide bonds. The number of nitrogens with zero attached hydrogens (tertiary/aromatic N) is 3. The lowest BCUT2D eigenvalue weighted by Crippen LogP contribution is -2.29. The molecule has 0 aliphatic carbocycles. The van der Waals surface area contributed by atoms with Crippen molar-refractivity contribution < 1.29 is 0 Å². The average Bonchev–Trinajstić information content (AvgIpc) is 2.64. The molecule has 0 bridgehead atoms. The molecule has 2 rings (SSSR count). The van der Waals surface area contributed by atoms with Gasteiger partial charge in [0, 0.05) is 12.2 Å². The molecule has 2 heterocycles. The third kappa shape index (κ3) is 1.91. The van der Waals surface area contributed by atoms with Crippen LogP contribution in [-0.4, -0.2) is 34.3 Å². The maximum atomic E-state index is 4.30. The third-order valence-corrected chi connectivity index (χ3v) is 2.83. The predicted molar refractivity (Wildman–Crippen MR) is 52.6 cm³/mol. The smallest absolute Gasteiger partial charge is 0.0564 e. The van der Waals surface area contributed by atoms with Gasteiger partial charge >= 0.3 is 0 Å². The van der Waals surface area contributed by atoms with Gasteiger partial charge in [0.25, 0.3) is 0 Å². The summed E-state index contributed by atoms with van der Waals surface area (Å²) in [6, 6.07) is 0.694. The van der Waals surface area contributed by atoms with E-state index in [1.807, 2.05) is 6.20 Å². The van der Waals surface area contributed by atoms with Crippen molar-refractivity contribution >= 4 is 0 Å². The predicted octanol–water partition coefficient (Wildman–Crippen LogP) is 1.29. The van der Waals surface area contributed by atoms with E-state index in [0.29, 0.717) is 6.04 Å². The van der Waals surface area contributed by atoms with Crippen LogP contribution in [0, 0.1) is 6.92 Å². The van der Waals surface area contributed by atoms with E-state index in [9.17, 15) is 0 Å². The highest BCUT2D eigenvalue weighted by molar-refractivity contribution is 4.99. The molecule has 0 aromatic carbocycles. The molecule has 1 aliphatic rings. The van der Waals surface area contributed by atoms with Crippen molar-refractivity contribution in [2.45, 2.75) is 32.4 Å². The normalized spacial score (nSPS) is 24.0. The van der Waals surface area contributed by atoms with E-state index in [-0.39, 0.29) is 0 Å². The summed E-state index contributed by atoms with van der Waals surface area (Å²) in [6.45, 7) is 4.37. The van der Waals surface area contributed by atoms with Gasteiger partial charge in [-0.1, -0.05) is 0 Å². The molecule has 1 atom stereocenters. The maximum absolute atomic E-state index is 4.30. The van der Waals surface area contributed by atoms with Gasteiger partial charge in [-0.3, -0.25) is 4.68 Å². The van der Waals surface area contributed by atoms with E-state index in [1.165, 1.54) is 24.9 Å². The molecule has 0 unspecified atom stereocenters. The quantitative estimate of drug-likeness (QED) is 0.682. The average molecular weight is 179 g/mol. The van der Waals surface area contributed by atoms with Crippen molar-refractivity contribution in [3.63, 3.8) is 0 Å². The monoisotopic (exact) mass is 179 g/mol. The van der Waals surface area contributed by atoms with Crippen LogP contribution in [0.15, 0.2) is 12.4 Å². The zero-order valence-electron chi connectivity index (χ0n) is 8.40. The van der Waals surface area contributed by atoms with Crippen LogP contribution in [0.5, 0.6) is 0 Å². The van der Waals surface area contributed by atoms with Crippen LogP contribution in [0.3, 0.4) is 0 Å². The number of aryl methyl sites for hydroxylation is 1. The zero-order chi connectivity index (χ0) is 9.26. The van der Waals surface area contributed by atoms with Crippen LogP contribution in [-0.2, 0) is 6.54 Å². The fourth-order valence-corrected chi connectivity index (χ4v) is 1.99. The van der Waals surface area contributed by atoms with Crippen molar-refractivity contribution in [2.24, 2.45) is 0 Å². The summed E-state index contributed by atoms with van der Waals surface area (Å²) in [5.41, 5.74) is 1.25. The van der Waals surface area contributed by atoms with Crippen LogP contribution in [0.1, 0.15) is 18.4 Å². The summed E-state index contributed by atoms with van der Waals surface area (Å²) in [4.78, 5) is 2.43. The Kier molecular flexibility index (Phi) is 2.36. The van der Waals surface area contributed by atoms with Gasteiger partial charge in [-0.25, -0.2) is 0 Å². The summed E-state index contributed by atoms with van der Waals surface area (Å²) < 4.78 is 2.06. The Morgan fingerprint density at radius 1 is 1.62 bits per heavy atom. The van der Waals surface area contributed by atoms with Crippen molar-refractivity contribution in [1.29, 1.82) is 0 Å². The Hall–Kier alpha value is -0.830. The van der Waals surface area contributed by atoms with E-state index in [2.05, 4.69) is 34.8 Å². The molecule has 1 aliphatic heterocycles. The first-order chi connectivity index (χ1) is 6.25. The van der Waals surface area contributed by atoms with Crippen LogP contribution in [0.25, 0.3) is 0 Å². The Labute approximate surface area is 79.3 Å². The zero-order valence-corrected chi connectivity index (χ0v) is 8.40.